The summed E-state index contributed by atoms with van der Waals surface area (Å²) < 4.78 is 0. The number of unbranched alkanes of at least 4 members (excludes halogenated alkanes) is 3. The van der Waals surface area contributed by atoms with Gasteiger partial charge in [0.15, 0.2) is 5.11 Å². The van der Waals surface area contributed by atoms with Crippen molar-refractivity contribution in [1.82, 2.24) is 5.32 Å². The first kappa shape index (κ1) is 11.7. The molecule has 0 fully saturated rings. The zero-order chi connectivity index (χ0) is 9.40. The smallest absolute Gasteiger partial charge is 0.163 e. The van der Waals surface area contributed by atoms with Crippen molar-refractivity contribution in [2.45, 2.75) is 52.0 Å². The van der Waals surface area contributed by atoms with Gasteiger partial charge in [0, 0.05) is 6.04 Å². The summed E-state index contributed by atoms with van der Waals surface area (Å²) in [5.41, 5.74) is 5.34. The van der Waals surface area contributed by atoms with Gasteiger partial charge in [0.2, 0.25) is 0 Å². The maximum absolute atomic E-state index is 5.34. The molecule has 0 aromatic rings. The van der Waals surface area contributed by atoms with E-state index in [-0.39, 0.29) is 0 Å². The maximum atomic E-state index is 5.34. The monoisotopic (exact) mass is 188 g/mol. The van der Waals surface area contributed by atoms with Crippen molar-refractivity contribution in [3.63, 3.8) is 0 Å². The van der Waals surface area contributed by atoms with Gasteiger partial charge < -0.3 is 11.1 Å². The van der Waals surface area contributed by atoms with Gasteiger partial charge in [0.05, 0.1) is 0 Å². The van der Waals surface area contributed by atoms with E-state index in [0.29, 0.717) is 11.2 Å². The molecule has 0 aliphatic carbocycles. The van der Waals surface area contributed by atoms with E-state index in [9.17, 15) is 0 Å². The number of nitrogens with one attached hydrogen (secondary N) is 1. The molecule has 0 saturated heterocycles. The first-order valence-electron chi connectivity index (χ1n) is 4.72. The highest BCUT2D eigenvalue weighted by Crippen LogP contribution is 2.04. The number of rotatable bonds is 6. The molecule has 0 aromatic heterocycles. The van der Waals surface area contributed by atoms with Crippen molar-refractivity contribution in [2.75, 3.05) is 0 Å². The van der Waals surface area contributed by atoms with Crippen molar-refractivity contribution in [1.29, 1.82) is 0 Å². The van der Waals surface area contributed by atoms with Crippen LogP contribution in [-0.4, -0.2) is 11.2 Å². The summed E-state index contributed by atoms with van der Waals surface area (Å²) in [4.78, 5) is 0. The Morgan fingerprint density at radius 3 is 2.58 bits per heavy atom. The summed E-state index contributed by atoms with van der Waals surface area (Å²) in [6, 6.07) is 0.430. The fourth-order valence-electron chi connectivity index (χ4n) is 1.19. The summed E-state index contributed by atoms with van der Waals surface area (Å²) in [5.74, 6) is 0. The van der Waals surface area contributed by atoms with Crippen LogP contribution >= 0.6 is 12.2 Å². The average Bonchev–Trinajstić information content (AvgIpc) is 1.97. The van der Waals surface area contributed by atoms with Gasteiger partial charge in [-0.1, -0.05) is 32.6 Å². The van der Waals surface area contributed by atoms with E-state index >= 15 is 0 Å². The highest BCUT2D eigenvalue weighted by atomic mass is 32.1. The van der Waals surface area contributed by atoms with Crippen LogP contribution in [0.5, 0.6) is 0 Å². The molecule has 0 aromatic carbocycles. The van der Waals surface area contributed by atoms with Gasteiger partial charge in [0.1, 0.15) is 0 Å². The highest BCUT2D eigenvalue weighted by molar-refractivity contribution is 7.80. The standard InChI is InChI=1S/C9H20N2S/c1-3-4-5-6-7-8(2)11-9(10)12/h8H,3-7H2,1-2H3,(H3,10,11,12). The van der Waals surface area contributed by atoms with E-state index in [0.717, 1.165) is 6.42 Å². The molecule has 3 N–H and O–H groups in total. The normalized spacial score (nSPS) is 12.5. The molecule has 0 heterocycles. The molecule has 0 amide bonds. The summed E-state index contributed by atoms with van der Waals surface area (Å²) in [6.45, 7) is 4.34. The first-order valence-corrected chi connectivity index (χ1v) is 5.13. The third-order valence-electron chi connectivity index (χ3n) is 1.88. The minimum absolute atomic E-state index is 0.415. The van der Waals surface area contributed by atoms with Crippen LogP contribution < -0.4 is 11.1 Å². The lowest BCUT2D eigenvalue weighted by Crippen LogP contribution is -2.36. The molecule has 0 rings (SSSR count). The summed E-state index contributed by atoms with van der Waals surface area (Å²) in [7, 11) is 0. The van der Waals surface area contributed by atoms with Gasteiger partial charge >= 0.3 is 0 Å². The average molecular weight is 188 g/mol. The molecule has 0 saturated carbocycles. The highest BCUT2D eigenvalue weighted by Gasteiger charge is 2.00. The van der Waals surface area contributed by atoms with Crippen molar-refractivity contribution < 1.29 is 0 Å². The van der Waals surface area contributed by atoms with E-state index in [1.54, 1.807) is 0 Å². The molecule has 12 heavy (non-hydrogen) atoms. The topological polar surface area (TPSA) is 38.0 Å². The third-order valence-corrected chi connectivity index (χ3v) is 2.00. The Labute approximate surface area is 80.9 Å². The van der Waals surface area contributed by atoms with Crippen LogP contribution in [0.15, 0.2) is 0 Å². The van der Waals surface area contributed by atoms with Crippen molar-refractivity contribution in [2.24, 2.45) is 5.73 Å². The largest absolute Gasteiger partial charge is 0.376 e. The third kappa shape index (κ3) is 7.79. The number of hydrogen-bond acceptors (Lipinski definition) is 1. The Balaban J connectivity index is 3.19. The summed E-state index contributed by atoms with van der Waals surface area (Å²) >= 11 is 4.74. The quantitative estimate of drug-likeness (QED) is 0.495. The second-order valence-corrected chi connectivity index (χ2v) is 3.70. The number of thiocarbonyl (C=S) groups is 1. The van der Waals surface area contributed by atoms with Crippen LogP contribution in [0.2, 0.25) is 0 Å². The van der Waals surface area contributed by atoms with Gasteiger partial charge in [-0.2, -0.15) is 0 Å². The Morgan fingerprint density at radius 1 is 1.42 bits per heavy atom. The van der Waals surface area contributed by atoms with Crippen LogP contribution in [0.4, 0.5) is 0 Å². The lowest BCUT2D eigenvalue weighted by Gasteiger charge is -2.12. The fraction of sp³-hybridized carbons (Fsp3) is 0.889. The fourth-order valence-corrected chi connectivity index (χ4v) is 1.39. The number of nitrogens with two attached hydrogens (primary N) is 1. The zero-order valence-electron chi connectivity index (χ0n) is 8.10. The molecule has 3 heteroatoms. The van der Waals surface area contributed by atoms with Gasteiger partial charge in [-0.05, 0) is 25.6 Å². The molecular weight excluding hydrogens is 168 g/mol. The van der Waals surface area contributed by atoms with Gasteiger partial charge in [-0.15, -0.1) is 0 Å². The lowest BCUT2D eigenvalue weighted by molar-refractivity contribution is 0.544. The minimum Gasteiger partial charge on any atom is -0.376 e. The predicted octanol–water partition coefficient (Wildman–Crippen LogP) is 2.18. The summed E-state index contributed by atoms with van der Waals surface area (Å²) in [6.07, 6.45) is 6.37. The molecule has 0 radical (unpaired) electrons. The van der Waals surface area contributed by atoms with E-state index in [1.807, 2.05) is 0 Å². The molecule has 1 unspecified atom stereocenters. The van der Waals surface area contributed by atoms with Crippen LogP contribution in [0.1, 0.15) is 46.0 Å². The van der Waals surface area contributed by atoms with Gasteiger partial charge in [-0.3, -0.25) is 0 Å². The summed E-state index contributed by atoms with van der Waals surface area (Å²) in [5, 5.41) is 3.44. The Kier molecular flexibility index (Phi) is 7.16. The number of hydrogen-bond donors (Lipinski definition) is 2. The first-order chi connectivity index (χ1) is 5.66. The van der Waals surface area contributed by atoms with Crippen LogP contribution in [-0.2, 0) is 0 Å². The molecule has 2 nitrogen and oxygen atoms in total. The van der Waals surface area contributed by atoms with E-state index in [2.05, 4.69) is 19.2 Å². The van der Waals surface area contributed by atoms with Crippen molar-refractivity contribution in [3.05, 3.63) is 0 Å². The molecule has 0 bridgehead atoms. The molecule has 1 atom stereocenters. The van der Waals surface area contributed by atoms with Crippen LogP contribution in [0, 0.1) is 0 Å². The van der Waals surface area contributed by atoms with Gasteiger partial charge in [-0.25, -0.2) is 0 Å². The zero-order valence-corrected chi connectivity index (χ0v) is 8.91. The molecule has 0 aliphatic heterocycles. The molecule has 0 spiro atoms. The second-order valence-electron chi connectivity index (χ2n) is 3.26. The minimum atomic E-state index is 0.415. The molecule has 0 aliphatic rings. The Hall–Kier alpha value is -0.310. The van der Waals surface area contributed by atoms with Crippen molar-refractivity contribution >= 4 is 17.3 Å². The molecular formula is C9H20N2S. The van der Waals surface area contributed by atoms with E-state index in [4.69, 9.17) is 18.0 Å². The SMILES string of the molecule is CCCCCCC(C)NC(N)=S. The Morgan fingerprint density at radius 2 is 2.08 bits per heavy atom. The molecule has 72 valence electrons. The van der Waals surface area contributed by atoms with Gasteiger partial charge in [0.25, 0.3) is 0 Å². The maximum Gasteiger partial charge on any atom is 0.163 e. The van der Waals surface area contributed by atoms with Crippen molar-refractivity contribution in [3.8, 4) is 0 Å². The van der Waals surface area contributed by atoms with Crippen LogP contribution in [0.25, 0.3) is 0 Å². The van der Waals surface area contributed by atoms with Crippen LogP contribution in [0.3, 0.4) is 0 Å². The predicted molar refractivity (Wildman–Crippen MR) is 58.1 cm³/mol. The van der Waals surface area contributed by atoms with E-state index < -0.39 is 0 Å². The lowest BCUT2D eigenvalue weighted by atomic mass is 10.1. The van der Waals surface area contributed by atoms with E-state index in [1.165, 1.54) is 25.7 Å². The Bertz CT molecular complexity index is 126. The second kappa shape index (κ2) is 7.35.